The minimum absolute atomic E-state index is 0.0546. The number of para-hydroxylation sites is 1. The number of aromatic nitrogens is 2. The molecule has 9 nitrogen and oxygen atoms in total. The Morgan fingerprint density at radius 3 is 2.53 bits per heavy atom. The quantitative estimate of drug-likeness (QED) is 0.506. The molecule has 1 aromatic heterocycles. The molecule has 0 spiro atoms. The van der Waals surface area contributed by atoms with Gasteiger partial charge in [0.25, 0.3) is 5.56 Å². The van der Waals surface area contributed by atoms with Crippen LogP contribution in [-0.4, -0.2) is 38.7 Å². The number of carbonyl (C=O) groups excluding carboxylic acids is 1. The Hall–Kier alpha value is -4.66. The zero-order valence-electron chi connectivity index (χ0n) is 18.4. The van der Waals surface area contributed by atoms with Crippen molar-refractivity contribution in [1.29, 1.82) is 0 Å². The number of phenolic OH excluding ortho intramolecular Hbond substituents is 1. The van der Waals surface area contributed by atoms with Crippen molar-refractivity contribution >= 4 is 22.8 Å². The van der Waals surface area contributed by atoms with Gasteiger partial charge in [0.05, 0.1) is 18.0 Å². The first-order valence-corrected chi connectivity index (χ1v) is 10.5. The lowest BCUT2D eigenvalue weighted by atomic mass is 10.1. The van der Waals surface area contributed by atoms with E-state index in [0.717, 1.165) is 5.01 Å². The van der Waals surface area contributed by atoms with Gasteiger partial charge in [-0.05, 0) is 30.3 Å². The number of phenols is 1. The molecular weight excluding hydrogens is 436 g/mol. The van der Waals surface area contributed by atoms with Crippen LogP contribution in [0.5, 0.6) is 11.5 Å². The third-order valence-corrected chi connectivity index (χ3v) is 5.44. The lowest BCUT2D eigenvalue weighted by molar-refractivity contribution is -0.135. The van der Waals surface area contributed by atoms with Gasteiger partial charge in [0, 0.05) is 18.1 Å². The van der Waals surface area contributed by atoms with E-state index in [4.69, 9.17) is 14.5 Å². The van der Waals surface area contributed by atoms with E-state index in [1.54, 1.807) is 30.3 Å². The first-order valence-electron chi connectivity index (χ1n) is 10.5. The Bertz CT molecular complexity index is 1500. The first kappa shape index (κ1) is 21.2. The molecule has 1 unspecified atom stereocenters. The van der Waals surface area contributed by atoms with Gasteiger partial charge in [-0.1, -0.05) is 42.5 Å². The molecule has 0 saturated heterocycles. The van der Waals surface area contributed by atoms with E-state index in [9.17, 15) is 14.7 Å². The van der Waals surface area contributed by atoms with Crippen molar-refractivity contribution in [3.8, 4) is 22.9 Å². The molecule has 34 heavy (non-hydrogen) atoms. The number of ether oxygens (including phenoxy) is 2. The van der Waals surface area contributed by atoms with Crippen molar-refractivity contribution in [2.45, 2.75) is 13.2 Å². The monoisotopic (exact) mass is 456 g/mol. The lowest BCUT2D eigenvalue weighted by Gasteiger charge is -2.20. The highest BCUT2D eigenvalue weighted by Gasteiger charge is 2.35. The fourth-order valence-corrected chi connectivity index (χ4v) is 3.80. The van der Waals surface area contributed by atoms with Crippen LogP contribution in [0.2, 0.25) is 0 Å². The fraction of sp³-hybridized carbons (Fsp3) is 0.120. The molecule has 0 aliphatic carbocycles. The molecule has 0 saturated carbocycles. The van der Waals surface area contributed by atoms with Crippen molar-refractivity contribution in [3.05, 3.63) is 88.7 Å². The van der Waals surface area contributed by atoms with Gasteiger partial charge in [0.15, 0.2) is 17.3 Å². The summed E-state index contributed by atoms with van der Waals surface area (Å²) in [5.41, 5.74) is 1.34. The molecule has 4 aromatic rings. The van der Waals surface area contributed by atoms with Crippen molar-refractivity contribution in [3.63, 3.8) is 0 Å². The summed E-state index contributed by atoms with van der Waals surface area (Å²) < 4.78 is 12.5. The zero-order chi connectivity index (χ0) is 23.8. The number of nitrogens with zero attached hydrogens (tertiary/aromatic N) is 4. The summed E-state index contributed by atoms with van der Waals surface area (Å²) in [6.45, 7) is 1.35. The third kappa shape index (κ3) is 3.53. The highest BCUT2D eigenvalue weighted by Crippen LogP contribution is 2.35. The van der Waals surface area contributed by atoms with Crippen LogP contribution in [0.3, 0.4) is 0 Å². The van der Waals surface area contributed by atoms with E-state index < -0.39 is 12.1 Å². The zero-order valence-corrected chi connectivity index (χ0v) is 18.4. The molecule has 170 valence electrons. The summed E-state index contributed by atoms with van der Waals surface area (Å²) in [5, 5.41) is 15.8. The molecule has 2 heterocycles. The normalized spacial score (nSPS) is 15.2. The van der Waals surface area contributed by atoms with E-state index in [1.807, 2.05) is 36.4 Å². The van der Waals surface area contributed by atoms with Gasteiger partial charge in [-0.3, -0.25) is 9.59 Å². The topological polar surface area (TPSA) is 106 Å². The Labute approximate surface area is 194 Å². The standard InChI is InChI=1S/C25H20N4O5/c1-15(30)29-24(17-12-13-20(31)21(14-17)33-2)34-25(27-29)28-22(16-8-4-3-5-9-16)26-19-11-7-6-10-18(19)23(28)32/h3-14,24,31H,1-2H3. The second-order valence-electron chi connectivity index (χ2n) is 7.61. The molecular formula is C25H20N4O5. The van der Waals surface area contributed by atoms with E-state index in [-0.39, 0.29) is 23.1 Å². The highest BCUT2D eigenvalue weighted by molar-refractivity contribution is 5.89. The van der Waals surface area contributed by atoms with Crippen LogP contribution in [-0.2, 0) is 9.53 Å². The molecule has 1 N–H and O–H groups in total. The summed E-state index contributed by atoms with van der Waals surface area (Å²) in [5.74, 6) is 0.0965. The molecule has 1 aliphatic heterocycles. The predicted octanol–water partition coefficient (Wildman–Crippen LogP) is 3.47. The van der Waals surface area contributed by atoms with Crippen molar-refractivity contribution in [2.75, 3.05) is 7.11 Å². The summed E-state index contributed by atoms with van der Waals surface area (Å²) in [6.07, 6.45) is -0.969. The summed E-state index contributed by atoms with van der Waals surface area (Å²) in [6, 6.07) is 20.7. The second kappa shape index (κ2) is 8.36. The van der Waals surface area contributed by atoms with E-state index >= 15 is 0 Å². The van der Waals surface area contributed by atoms with Crippen LogP contribution in [0.25, 0.3) is 22.3 Å². The van der Waals surface area contributed by atoms with E-state index in [1.165, 1.54) is 24.7 Å². The van der Waals surface area contributed by atoms with Gasteiger partial charge in [0.1, 0.15) is 0 Å². The maximum absolute atomic E-state index is 13.6. The number of fused-ring (bicyclic) bond motifs is 1. The predicted molar refractivity (Wildman–Crippen MR) is 125 cm³/mol. The minimum atomic E-state index is -0.969. The van der Waals surface area contributed by atoms with Crippen LogP contribution in [0, 0.1) is 0 Å². The first-order chi connectivity index (χ1) is 16.5. The van der Waals surface area contributed by atoms with E-state index in [0.29, 0.717) is 27.9 Å². The van der Waals surface area contributed by atoms with Crippen molar-refractivity contribution in [2.24, 2.45) is 5.10 Å². The number of hydrazone groups is 1. The number of hydrogen-bond acceptors (Lipinski definition) is 7. The fourth-order valence-electron chi connectivity index (χ4n) is 3.80. The minimum Gasteiger partial charge on any atom is -0.504 e. The molecule has 9 heteroatoms. The van der Waals surface area contributed by atoms with E-state index in [2.05, 4.69) is 5.10 Å². The number of methoxy groups -OCH3 is 1. The van der Waals surface area contributed by atoms with Gasteiger partial charge in [0.2, 0.25) is 12.1 Å². The number of amides is 1. The van der Waals surface area contributed by atoms with Gasteiger partial charge in [-0.25, -0.2) is 9.55 Å². The Balaban J connectivity index is 1.69. The molecule has 1 atom stereocenters. The van der Waals surface area contributed by atoms with Gasteiger partial charge in [-0.2, -0.15) is 5.01 Å². The van der Waals surface area contributed by atoms with Crippen LogP contribution in [0.1, 0.15) is 18.7 Å². The van der Waals surface area contributed by atoms with Crippen LogP contribution in [0.15, 0.2) is 82.7 Å². The Morgan fingerprint density at radius 2 is 1.79 bits per heavy atom. The second-order valence-corrected chi connectivity index (χ2v) is 7.61. The van der Waals surface area contributed by atoms with Crippen LogP contribution < -0.4 is 10.3 Å². The molecule has 0 bridgehead atoms. The average molecular weight is 456 g/mol. The van der Waals surface area contributed by atoms with Gasteiger partial charge >= 0.3 is 6.02 Å². The molecule has 3 aromatic carbocycles. The maximum Gasteiger partial charge on any atom is 0.325 e. The summed E-state index contributed by atoms with van der Waals surface area (Å²) in [4.78, 5) is 30.7. The van der Waals surface area contributed by atoms with Crippen molar-refractivity contribution in [1.82, 2.24) is 14.6 Å². The van der Waals surface area contributed by atoms with Gasteiger partial charge < -0.3 is 14.6 Å². The Kier molecular flexibility index (Phi) is 5.21. The smallest absolute Gasteiger partial charge is 0.325 e. The number of carbonyl (C=O) groups is 1. The van der Waals surface area contributed by atoms with Crippen LogP contribution >= 0.6 is 0 Å². The molecule has 1 aliphatic rings. The average Bonchev–Trinajstić information content (AvgIpc) is 3.30. The molecule has 0 radical (unpaired) electrons. The highest BCUT2D eigenvalue weighted by atomic mass is 16.5. The molecule has 1 amide bonds. The number of rotatable bonds is 3. The molecule has 0 fully saturated rings. The largest absolute Gasteiger partial charge is 0.504 e. The third-order valence-electron chi connectivity index (χ3n) is 5.44. The maximum atomic E-state index is 13.6. The van der Waals surface area contributed by atoms with Crippen LogP contribution in [0.4, 0.5) is 0 Å². The summed E-state index contributed by atoms with van der Waals surface area (Å²) >= 11 is 0. The van der Waals surface area contributed by atoms with Crippen molar-refractivity contribution < 1.29 is 19.4 Å². The number of benzene rings is 3. The molecule has 5 rings (SSSR count). The lowest BCUT2D eigenvalue weighted by Crippen LogP contribution is -2.30. The SMILES string of the molecule is COc1cc(C2OC(n3c(-c4ccccc4)nc4ccccc4c3=O)=NN2C(C)=O)ccc1O. The number of hydrogen-bond donors (Lipinski definition) is 1. The van der Waals surface area contributed by atoms with Gasteiger partial charge in [-0.15, -0.1) is 5.10 Å². The summed E-state index contributed by atoms with van der Waals surface area (Å²) in [7, 11) is 1.42. The Morgan fingerprint density at radius 1 is 1.06 bits per heavy atom. The number of aromatic hydroxyl groups is 1.